The third kappa shape index (κ3) is 3.17. The molecule has 0 bridgehead atoms. The van der Waals surface area contributed by atoms with Crippen LogP contribution in [0.1, 0.15) is 21.7 Å². The molecule has 0 saturated carbocycles. The smallest absolute Gasteiger partial charge is 0.260 e. The van der Waals surface area contributed by atoms with Crippen molar-refractivity contribution < 1.29 is 9.90 Å². The van der Waals surface area contributed by atoms with E-state index in [9.17, 15) is 9.90 Å². The van der Waals surface area contributed by atoms with Crippen molar-refractivity contribution >= 4 is 17.3 Å². The second-order valence-electron chi connectivity index (χ2n) is 4.72. The largest absolute Gasteiger partial charge is 0.397 e. The van der Waals surface area contributed by atoms with E-state index in [0.717, 1.165) is 0 Å². The highest BCUT2D eigenvalue weighted by atomic mass is 16.3. The lowest BCUT2D eigenvalue weighted by Gasteiger charge is -2.24. The second-order valence-corrected chi connectivity index (χ2v) is 4.72. The predicted molar refractivity (Wildman–Crippen MR) is 81.1 cm³/mol. The number of aliphatic hydroxyl groups excluding tert-OH is 1. The molecule has 0 aliphatic carbocycles. The molecule has 2 aromatic rings. The Bertz CT molecular complexity index is 658. The lowest BCUT2D eigenvalue weighted by atomic mass is 10.1. The minimum absolute atomic E-state index is 0.156. The normalized spacial score (nSPS) is 10.4. The molecule has 0 aliphatic heterocycles. The Kier molecular flexibility index (Phi) is 4.49. The molecule has 1 aromatic heterocycles. The average Bonchev–Trinajstić information content (AvgIpc) is 2.47. The van der Waals surface area contributed by atoms with Crippen LogP contribution in [0.25, 0.3) is 0 Å². The Balaban J connectivity index is 2.45. The van der Waals surface area contributed by atoms with Gasteiger partial charge in [0.15, 0.2) is 0 Å². The van der Waals surface area contributed by atoms with Crippen LogP contribution in [0.5, 0.6) is 0 Å². The maximum absolute atomic E-state index is 12.8. The van der Waals surface area contributed by atoms with Crippen LogP contribution in [0.2, 0.25) is 0 Å². The van der Waals surface area contributed by atoms with Crippen LogP contribution in [0.4, 0.5) is 11.4 Å². The van der Waals surface area contributed by atoms with Crippen LogP contribution in [-0.4, -0.2) is 34.4 Å². The molecule has 110 valence electrons. The maximum atomic E-state index is 12.8. The van der Waals surface area contributed by atoms with Crippen molar-refractivity contribution in [3.05, 3.63) is 47.3 Å². The van der Waals surface area contributed by atoms with Gasteiger partial charge in [0.25, 0.3) is 5.91 Å². The number of aromatic nitrogens is 2. The van der Waals surface area contributed by atoms with Crippen LogP contribution in [0, 0.1) is 13.8 Å². The van der Waals surface area contributed by atoms with Gasteiger partial charge >= 0.3 is 0 Å². The molecule has 0 radical (unpaired) electrons. The molecule has 0 unspecified atom stereocenters. The second kappa shape index (κ2) is 6.32. The van der Waals surface area contributed by atoms with Gasteiger partial charge in [0.2, 0.25) is 0 Å². The highest BCUT2D eigenvalue weighted by molar-refractivity contribution is 6.08. The van der Waals surface area contributed by atoms with Crippen LogP contribution >= 0.6 is 0 Å². The Morgan fingerprint density at radius 3 is 2.67 bits per heavy atom. The molecule has 1 heterocycles. The van der Waals surface area contributed by atoms with Crippen molar-refractivity contribution in [3.8, 4) is 0 Å². The summed E-state index contributed by atoms with van der Waals surface area (Å²) in [6.45, 7) is 3.51. The van der Waals surface area contributed by atoms with Gasteiger partial charge in [-0.1, -0.05) is 12.1 Å². The Labute approximate surface area is 123 Å². The average molecular weight is 286 g/mol. The third-order valence-electron chi connectivity index (χ3n) is 3.13. The van der Waals surface area contributed by atoms with Crippen LogP contribution in [0.3, 0.4) is 0 Å². The minimum Gasteiger partial charge on any atom is -0.397 e. The number of carbonyl (C=O) groups excluding carboxylic acids is 1. The van der Waals surface area contributed by atoms with Crippen LogP contribution < -0.4 is 10.6 Å². The van der Waals surface area contributed by atoms with Gasteiger partial charge in [0.1, 0.15) is 0 Å². The van der Waals surface area contributed by atoms with Crippen molar-refractivity contribution in [2.75, 3.05) is 23.8 Å². The van der Waals surface area contributed by atoms with E-state index >= 15 is 0 Å². The molecule has 2 rings (SSSR count). The molecule has 6 heteroatoms. The van der Waals surface area contributed by atoms with Gasteiger partial charge < -0.3 is 15.7 Å². The molecule has 0 fully saturated rings. The summed E-state index contributed by atoms with van der Waals surface area (Å²) in [5, 5.41) is 17.1. The van der Waals surface area contributed by atoms with E-state index in [1.807, 2.05) is 0 Å². The summed E-state index contributed by atoms with van der Waals surface area (Å²) >= 11 is 0. The molecule has 6 nitrogen and oxygen atoms in total. The summed E-state index contributed by atoms with van der Waals surface area (Å²) in [7, 11) is 0. The summed E-state index contributed by atoms with van der Waals surface area (Å²) in [6, 6.07) is 8.75. The predicted octanol–water partition coefficient (Wildman–Crippen LogP) is 1.31. The summed E-state index contributed by atoms with van der Waals surface area (Å²) in [5.41, 5.74) is 8.65. The van der Waals surface area contributed by atoms with Gasteiger partial charge in [-0.3, -0.25) is 4.79 Å². The minimum atomic E-state index is -0.252. The van der Waals surface area contributed by atoms with Gasteiger partial charge in [-0.2, -0.15) is 10.2 Å². The van der Waals surface area contributed by atoms with Crippen LogP contribution in [0.15, 0.2) is 30.3 Å². The summed E-state index contributed by atoms with van der Waals surface area (Å²) in [4.78, 5) is 14.2. The van der Waals surface area contributed by atoms with E-state index in [0.29, 0.717) is 28.3 Å². The number of carbonyl (C=O) groups is 1. The Morgan fingerprint density at radius 2 is 2.00 bits per heavy atom. The number of hydrogen-bond acceptors (Lipinski definition) is 5. The molecular weight excluding hydrogens is 268 g/mol. The van der Waals surface area contributed by atoms with Gasteiger partial charge in [0.05, 0.1) is 34.9 Å². The number of benzene rings is 1. The van der Waals surface area contributed by atoms with Crippen molar-refractivity contribution in [1.29, 1.82) is 0 Å². The number of nitrogens with two attached hydrogens (primary N) is 1. The molecule has 0 aliphatic rings. The first-order valence-corrected chi connectivity index (χ1v) is 6.62. The fourth-order valence-electron chi connectivity index (χ4n) is 2.08. The Hall–Kier alpha value is -2.47. The molecular formula is C15H18N4O2. The quantitative estimate of drug-likeness (QED) is 0.827. The number of amides is 1. The molecule has 0 atom stereocenters. The number of nitrogens with zero attached hydrogens (tertiary/aromatic N) is 3. The first kappa shape index (κ1) is 14.9. The van der Waals surface area contributed by atoms with Crippen molar-refractivity contribution in [2.45, 2.75) is 13.8 Å². The zero-order valence-electron chi connectivity index (χ0n) is 12.1. The summed E-state index contributed by atoms with van der Waals surface area (Å²) < 4.78 is 0. The van der Waals surface area contributed by atoms with Gasteiger partial charge in [-0.05, 0) is 32.0 Å². The zero-order chi connectivity index (χ0) is 15.4. The van der Waals surface area contributed by atoms with E-state index in [1.165, 1.54) is 4.90 Å². The molecule has 0 spiro atoms. The van der Waals surface area contributed by atoms with E-state index in [1.54, 1.807) is 44.2 Å². The Morgan fingerprint density at radius 1 is 1.29 bits per heavy atom. The van der Waals surface area contributed by atoms with Crippen molar-refractivity contribution in [3.63, 3.8) is 0 Å². The number of nitrogen functional groups attached to an aromatic ring is 1. The maximum Gasteiger partial charge on any atom is 0.260 e. The monoisotopic (exact) mass is 286 g/mol. The standard InChI is InChI=1S/C15H18N4O2/c1-10-9-12(11(2)18-17-10)15(21)19(7-8-20)14-6-4-3-5-13(14)16/h3-6,9,20H,7-8,16H2,1-2H3. The number of para-hydroxylation sites is 2. The number of anilines is 2. The number of aryl methyl sites for hydroxylation is 2. The molecule has 21 heavy (non-hydrogen) atoms. The number of aliphatic hydroxyl groups is 1. The SMILES string of the molecule is Cc1cc(C(=O)N(CCO)c2ccccc2N)c(C)nn1. The van der Waals surface area contributed by atoms with E-state index < -0.39 is 0 Å². The fraction of sp³-hybridized carbons (Fsp3) is 0.267. The van der Waals surface area contributed by atoms with Crippen molar-refractivity contribution in [1.82, 2.24) is 10.2 Å². The zero-order valence-corrected chi connectivity index (χ0v) is 12.1. The van der Waals surface area contributed by atoms with Crippen LogP contribution in [-0.2, 0) is 0 Å². The molecule has 1 aromatic carbocycles. The molecule has 1 amide bonds. The lowest BCUT2D eigenvalue weighted by Crippen LogP contribution is -2.34. The third-order valence-corrected chi connectivity index (χ3v) is 3.13. The van der Waals surface area contributed by atoms with Crippen molar-refractivity contribution in [2.24, 2.45) is 0 Å². The summed E-state index contributed by atoms with van der Waals surface area (Å²) in [5.74, 6) is -0.252. The first-order chi connectivity index (χ1) is 10.0. The topological polar surface area (TPSA) is 92.3 Å². The van der Waals surface area contributed by atoms with Gasteiger partial charge in [-0.15, -0.1) is 0 Å². The summed E-state index contributed by atoms with van der Waals surface area (Å²) in [6.07, 6.45) is 0. The molecule has 0 saturated heterocycles. The highest BCUT2D eigenvalue weighted by Gasteiger charge is 2.21. The lowest BCUT2D eigenvalue weighted by molar-refractivity contribution is 0.0979. The van der Waals surface area contributed by atoms with E-state index in [2.05, 4.69) is 10.2 Å². The van der Waals surface area contributed by atoms with E-state index in [4.69, 9.17) is 5.73 Å². The number of rotatable bonds is 4. The number of hydrogen-bond donors (Lipinski definition) is 2. The highest BCUT2D eigenvalue weighted by Crippen LogP contribution is 2.24. The van der Waals surface area contributed by atoms with Gasteiger partial charge in [0, 0.05) is 6.54 Å². The fourth-order valence-corrected chi connectivity index (χ4v) is 2.08. The molecule has 3 N–H and O–H groups in total. The first-order valence-electron chi connectivity index (χ1n) is 6.62. The van der Waals surface area contributed by atoms with E-state index in [-0.39, 0.29) is 19.1 Å². The van der Waals surface area contributed by atoms with Gasteiger partial charge in [-0.25, -0.2) is 0 Å².